The largest absolute Gasteiger partial charge is 0.358 e. The lowest BCUT2D eigenvalue weighted by molar-refractivity contribution is 0.211. The molecule has 0 bridgehead atoms. The maximum atomic E-state index is 12.8. The van der Waals surface area contributed by atoms with Crippen molar-refractivity contribution in [3.63, 3.8) is 0 Å². The quantitative estimate of drug-likeness (QED) is 0.734. The van der Waals surface area contributed by atoms with Gasteiger partial charge in [0.25, 0.3) is 0 Å². The van der Waals surface area contributed by atoms with Crippen LogP contribution in [0.1, 0.15) is 11.3 Å². The van der Waals surface area contributed by atoms with Crippen molar-refractivity contribution < 1.29 is 4.79 Å². The molecule has 3 aromatic rings. The summed E-state index contributed by atoms with van der Waals surface area (Å²) in [6, 6.07) is 7.36. The zero-order chi connectivity index (χ0) is 17.4. The summed E-state index contributed by atoms with van der Waals surface area (Å²) in [7, 11) is 1.99. The molecule has 0 atom stereocenters. The average molecular weight is 337 g/mol. The Labute approximate surface area is 145 Å². The molecule has 0 unspecified atom stereocenters. The Morgan fingerprint density at radius 2 is 2.08 bits per heavy atom. The molecule has 0 aliphatic carbocycles. The molecule has 0 saturated carbocycles. The number of carbonyl (C=O) groups excluding carboxylic acids is 1. The van der Waals surface area contributed by atoms with Crippen molar-refractivity contribution in [2.24, 2.45) is 0 Å². The second kappa shape index (κ2) is 6.04. The molecule has 0 aromatic carbocycles. The maximum absolute atomic E-state index is 12.8. The van der Waals surface area contributed by atoms with Crippen LogP contribution in [0.4, 0.5) is 16.4 Å². The van der Waals surface area contributed by atoms with Crippen LogP contribution >= 0.6 is 0 Å². The van der Waals surface area contributed by atoms with Gasteiger partial charge in [0.05, 0.1) is 12.2 Å². The summed E-state index contributed by atoms with van der Waals surface area (Å²) >= 11 is 0. The van der Waals surface area contributed by atoms with E-state index in [1.54, 1.807) is 27.9 Å². The van der Waals surface area contributed by atoms with Gasteiger partial charge in [-0.3, -0.25) is 5.32 Å². The molecule has 3 aromatic heterocycles. The second-order valence-corrected chi connectivity index (χ2v) is 6.15. The van der Waals surface area contributed by atoms with Crippen LogP contribution in [0.5, 0.6) is 0 Å². The summed E-state index contributed by atoms with van der Waals surface area (Å²) in [5.74, 6) is 1.53. The molecule has 1 aliphatic rings. The maximum Gasteiger partial charge on any atom is 0.323 e. The number of likely N-dealkylation sites (N-methyl/N-ethyl adjacent to an activating group) is 1. The molecule has 4 rings (SSSR count). The minimum absolute atomic E-state index is 0.161. The summed E-state index contributed by atoms with van der Waals surface area (Å²) in [6.07, 6.45) is 3.44. The van der Waals surface area contributed by atoms with Crippen LogP contribution in [0.2, 0.25) is 0 Å². The Hall–Kier alpha value is -3.16. The standard InChI is InChI=1S/C17H19N7O/c1-12-10-15-18-7-5-14(24(15)21-12)20-17(25)23-9-8-22(2)16-13(11-23)4-3-6-19-16/h3-7,10H,8-9,11H2,1-2H3,(H,20,25). The third-order valence-corrected chi connectivity index (χ3v) is 4.30. The van der Waals surface area contributed by atoms with Crippen molar-refractivity contribution in [1.82, 2.24) is 24.5 Å². The van der Waals surface area contributed by atoms with E-state index < -0.39 is 0 Å². The van der Waals surface area contributed by atoms with Crippen molar-refractivity contribution in [2.75, 3.05) is 30.4 Å². The Kier molecular flexibility index (Phi) is 3.72. The van der Waals surface area contributed by atoms with E-state index in [0.29, 0.717) is 24.6 Å². The number of aryl methyl sites for hydroxylation is 1. The van der Waals surface area contributed by atoms with E-state index in [0.717, 1.165) is 23.6 Å². The zero-order valence-electron chi connectivity index (χ0n) is 14.2. The van der Waals surface area contributed by atoms with Crippen molar-refractivity contribution in [1.29, 1.82) is 0 Å². The van der Waals surface area contributed by atoms with E-state index in [1.165, 1.54) is 0 Å². The number of hydrogen-bond donors (Lipinski definition) is 1. The lowest BCUT2D eigenvalue weighted by atomic mass is 10.2. The first-order chi connectivity index (χ1) is 12.1. The van der Waals surface area contributed by atoms with Gasteiger partial charge in [0, 0.05) is 44.2 Å². The minimum atomic E-state index is -0.161. The first-order valence-electron chi connectivity index (χ1n) is 8.14. The van der Waals surface area contributed by atoms with Gasteiger partial charge >= 0.3 is 6.03 Å². The summed E-state index contributed by atoms with van der Waals surface area (Å²) in [4.78, 5) is 25.3. The highest BCUT2D eigenvalue weighted by molar-refractivity contribution is 5.89. The van der Waals surface area contributed by atoms with Crippen molar-refractivity contribution in [2.45, 2.75) is 13.5 Å². The summed E-state index contributed by atoms with van der Waals surface area (Å²) in [5, 5.41) is 7.33. The number of hydrogen-bond acceptors (Lipinski definition) is 5. The molecule has 4 heterocycles. The van der Waals surface area contributed by atoms with Gasteiger partial charge in [-0.15, -0.1) is 0 Å². The fourth-order valence-corrected chi connectivity index (χ4v) is 3.03. The molecule has 1 aliphatic heterocycles. The average Bonchev–Trinajstić information content (AvgIpc) is 2.91. The fourth-order valence-electron chi connectivity index (χ4n) is 3.03. The normalized spacial score (nSPS) is 14.3. The molecule has 2 amide bonds. The van der Waals surface area contributed by atoms with Gasteiger partial charge in [0.2, 0.25) is 0 Å². The number of urea groups is 1. The van der Waals surface area contributed by atoms with Crippen LogP contribution in [0.15, 0.2) is 36.7 Å². The first-order valence-corrected chi connectivity index (χ1v) is 8.14. The van der Waals surface area contributed by atoms with Crippen LogP contribution in [0.25, 0.3) is 5.65 Å². The Morgan fingerprint density at radius 3 is 2.96 bits per heavy atom. The molecule has 0 radical (unpaired) electrons. The summed E-state index contributed by atoms with van der Waals surface area (Å²) in [5.41, 5.74) is 2.60. The minimum Gasteiger partial charge on any atom is -0.358 e. The molecular weight excluding hydrogens is 318 g/mol. The van der Waals surface area contributed by atoms with E-state index in [9.17, 15) is 4.79 Å². The van der Waals surface area contributed by atoms with Gasteiger partial charge in [-0.2, -0.15) is 9.61 Å². The van der Waals surface area contributed by atoms with Gasteiger partial charge < -0.3 is 9.80 Å². The SMILES string of the molecule is Cc1cc2nccc(NC(=O)N3CCN(C)c4ncccc4C3)n2n1. The number of aromatic nitrogens is 4. The predicted molar refractivity (Wildman–Crippen MR) is 94.7 cm³/mol. The van der Waals surface area contributed by atoms with Gasteiger partial charge in [-0.1, -0.05) is 6.07 Å². The lowest BCUT2D eigenvalue weighted by Crippen LogP contribution is -2.37. The fraction of sp³-hybridized carbons (Fsp3) is 0.294. The first kappa shape index (κ1) is 15.4. The van der Waals surface area contributed by atoms with Crippen molar-refractivity contribution >= 4 is 23.3 Å². The van der Waals surface area contributed by atoms with Gasteiger partial charge in [-0.25, -0.2) is 14.8 Å². The van der Waals surface area contributed by atoms with Crippen molar-refractivity contribution in [3.05, 3.63) is 47.9 Å². The highest BCUT2D eigenvalue weighted by Crippen LogP contribution is 2.21. The van der Waals surface area contributed by atoms with E-state index in [4.69, 9.17) is 0 Å². The number of rotatable bonds is 1. The molecular formula is C17H19N7O. The number of amides is 2. The topological polar surface area (TPSA) is 78.7 Å². The Bertz CT molecular complexity index is 936. The van der Waals surface area contributed by atoms with Crippen LogP contribution in [-0.4, -0.2) is 50.7 Å². The molecule has 8 nitrogen and oxygen atoms in total. The Balaban J connectivity index is 1.59. The smallest absolute Gasteiger partial charge is 0.323 e. The van der Waals surface area contributed by atoms with Crippen LogP contribution in [-0.2, 0) is 6.54 Å². The van der Waals surface area contributed by atoms with Gasteiger partial charge in [0.1, 0.15) is 11.6 Å². The van der Waals surface area contributed by atoms with Crippen LogP contribution < -0.4 is 10.2 Å². The highest BCUT2D eigenvalue weighted by atomic mass is 16.2. The molecule has 25 heavy (non-hydrogen) atoms. The van der Waals surface area contributed by atoms with Crippen LogP contribution in [0, 0.1) is 6.92 Å². The van der Waals surface area contributed by atoms with Crippen molar-refractivity contribution in [3.8, 4) is 0 Å². The number of nitrogens with zero attached hydrogens (tertiary/aromatic N) is 6. The second-order valence-electron chi connectivity index (χ2n) is 6.15. The summed E-state index contributed by atoms with van der Waals surface area (Å²) < 4.78 is 1.65. The lowest BCUT2D eigenvalue weighted by Gasteiger charge is -2.21. The number of nitrogens with one attached hydrogen (secondary N) is 1. The third kappa shape index (κ3) is 2.86. The van der Waals surface area contributed by atoms with E-state index in [1.807, 2.05) is 32.2 Å². The van der Waals surface area contributed by atoms with Gasteiger partial charge in [-0.05, 0) is 19.1 Å². The molecule has 0 saturated heterocycles. The number of pyridine rings is 1. The zero-order valence-corrected chi connectivity index (χ0v) is 14.2. The third-order valence-electron chi connectivity index (χ3n) is 4.30. The number of anilines is 2. The number of carbonyl (C=O) groups is 1. The highest BCUT2D eigenvalue weighted by Gasteiger charge is 2.22. The van der Waals surface area contributed by atoms with E-state index in [-0.39, 0.29) is 6.03 Å². The number of fused-ring (bicyclic) bond motifs is 2. The van der Waals surface area contributed by atoms with Crippen LogP contribution in [0.3, 0.4) is 0 Å². The molecule has 8 heteroatoms. The van der Waals surface area contributed by atoms with E-state index in [2.05, 4.69) is 25.3 Å². The molecule has 128 valence electrons. The monoisotopic (exact) mass is 337 g/mol. The molecule has 1 N–H and O–H groups in total. The molecule has 0 spiro atoms. The Morgan fingerprint density at radius 1 is 1.20 bits per heavy atom. The summed E-state index contributed by atoms with van der Waals surface area (Å²) in [6.45, 7) is 3.76. The predicted octanol–water partition coefficient (Wildman–Crippen LogP) is 1.92. The van der Waals surface area contributed by atoms with Gasteiger partial charge in [0.15, 0.2) is 5.65 Å². The van der Waals surface area contributed by atoms with E-state index >= 15 is 0 Å². The molecule has 0 fully saturated rings.